The Morgan fingerprint density at radius 2 is 2.35 bits per heavy atom. The van der Waals surface area contributed by atoms with Gasteiger partial charge >= 0.3 is 0 Å². The fraction of sp³-hybridized carbons (Fsp3) is 0.273. The van der Waals surface area contributed by atoms with E-state index in [2.05, 4.69) is 29.9 Å². The molecule has 0 fully saturated rings. The van der Waals surface area contributed by atoms with Crippen LogP contribution in [0.1, 0.15) is 27.2 Å². The summed E-state index contributed by atoms with van der Waals surface area (Å²) < 4.78 is 0. The Labute approximate surface area is 113 Å². The van der Waals surface area contributed by atoms with Gasteiger partial charge in [-0.1, -0.05) is 6.92 Å². The predicted octanol–water partition coefficient (Wildman–Crippen LogP) is 3.62. The minimum atomic E-state index is -0.119. The van der Waals surface area contributed by atoms with Crippen LogP contribution in [0.3, 0.4) is 0 Å². The zero-order valence-corrected chi connectivity index (χ0v) is 12.0. The molecule has 17 heavy (non-hydrogen) atoms. The van der Waals surface area contributed by atoms with Crippen LogP contribution in [0.15, 0.2) is 16.3 Å². The van der Waals surface area contributed by atoms with E-state index in [9.17, 15) is 4.79 Å². The summed E-state index contributed by atoms with van der Waals surface area (Å²) in [5.41, 5.74) is 1.05. The van der Waals surface area contributed by atoms with Gasteiger partial charge in [0.2, 0.25) is 0 Å². The second kappa shape index (κ2) is 5.20. The van der Waals surface area contributed by atoms with Gasteiger partial charge < -0.3 is 0 Å². The second-order valence-electron chi connectivity index (χ2n) is 3.50. The van der Waals surface area contributed by atoms with Crippen molar-refractivity contribution in [2.75, 3.05) is 5.32 Å². The molecule has 0 radical (unpaired) electrons. The molecule has 0 unspecified atom stereocenters. The highest BCUT2D eigenvalue weighted by molar-refractivity contribution is 7.80. The molecule has 2 heterocycles. The molecule has 0 aliphatic rings. The van der Waals surface area contributed by atoms with E-state index in [1.54, 1.807) is 6.07 Å². The summed E-state index contributed by atoms with van der Waals surface area (Å²) in [6, 6.07) is 1.75. The highest BCUT2D eigenvalue weighted by atomic mass is 32.1. The lowest BCUT2D eigenvalue weighted by Gasteiger charge is -1.97. The van der Waals surface area contributed by atoms with Crippen LogP contribution in [0.25, 0.3) is 0 Å². The molecular formula is C11H12N2OS3. The van der Waals surface area contributed by atoms with Crippen molar-refractivity contribution in [2.45, 2.75) is 25.2 Å². The molecular weight excluding hydrogens is 272 g/mol. The molecule has 1 N–H and O–H groups in total. The van der Waals surface area contributed by atoms with Gasteiger partial charge in [-0.3, -0.25) is 10.1 Å². The molecule has 0 saturated carbocycles. The summed E-state index contributed by atoms with van der Waals surface area (Å²) in [4.78, 5) is 18.9. The number of carbonyl (C=O) groups excluding carboxylic acids is 1. The molecule has 3 nitrogen and oxygen atoms in total. The van der Waals surface area contributed by atoms with Gasteiger partial charge in [0.25, 0.3) is 5.91 Å². The number of amides is 1. The van der Waals surface area contributed by atoms with Crippen molar-refractivity contribution in [1.29, 1.82) is 0 Å². The van der Waals surface area contributed by atoms with Crippen LogP contribution < -0.4 is 5.32 Å². The molecule has 6 heteroatoms. The van der Waals surface area contributed by atoms with Crippen molar-refractivity contribution in [3.63, 3.8) is 0 Å². The standard InChI is InChI=1S/C11H12N2OS3/c1-3-8-6(2)17-11(12-8)13-10(14)9-4-7(15)5-16-9/h4-5,15H,3H2,1-2H3,(H,12,13,14). The van der Waals surface area contributed by atoms with E-state index in [0.717, 1.165) is 21.9 Å². The van der Waals surface area contributed by atoms with Crippen LogP contribution in [0.5, 0.6) is 0 Å². The van der Waals surface area contributed by atoms with Gasteiger partial charge in [-0.2, -0.15) is 0 Å². The summed E-state index contributed by atoms with van der Waals surface area (Å²) in [5, 5.41) is 5.31. The van der Waals surface area contributed by atoms with E-state index < -0.39 is 0 Å². The number of carbonyl (C=O) groups is 1. The Balaban J connectivity index is 2.12. The average molecular weight is 284 g/mol. The molecule has 0 atom stereocenters. The number of aromatic nitrogens is 1. The van der Waals surface area contributed by atoms with Gasteiger partial charge in [0.05, 0.1) is 10.6 Å². The Morgan fingerprint density at radius 3 is 2.88 bits per heavy atom. The normalized spacial score (nSPS) is 10.5. The minimum absolute atomic E-state index is 0.119. The van der Waals surface area contributed by atoms with Crippen LogP contribution in [-0.2, 0) is 6.42 Å². The third-order valence-electron chi connectivity index (χ3n) is 2.26. The predicted molar refractivity (Wildman–Crippen MR) is 75.8 cm³/mol. The molecule has 0 aliphatic carbocycles. The fourth-order valence-electron chi connectivity index (χ4n) is 1.41. The zero-order chi connectivity index (χ0) is 12.4. The summed E-state index contributed by atoms with van der Waals surface area (Å²) in [5.74, 6) is -0.119. The summed E-state index contributed by atoms with van der Waals surface area (Å²) in [6.07, 6.45) is 0.887. The molecule has 0 spiro atoms. The molecule has 0 aliphatic heterocycles. The average Bonchev–Trinajstić information content (AvgIpc) is 2.85. The summed E-state index contributed by atoms with van der Waals surface area (Å²) in [6.45, 7) is 4.07. The van der Waals surface area contributed by atoms with E-state index in [1.807, 2.05) is 12.3 Å². The maximum atomic E-state index is 11.9. The Hall–Kier alpha value is -0.850. The van der Waals surface area contributed by atoms with Crippen molar-refractivity contribution in [2.24, 2.45) is 0 Å². The number of anilines is 1. The van der Waals surface area contributed by atoms with Crippen LogP contribution in [0, 0.1) is 6.92 Å². The van der Waals surface area contributed by atoms with Crippen LogP contribution in [0.2, 0.25) is 0 Å². The van der Waals surface area contributed by atoms with E-state index in [-0.39, 0.29) is 5.91 Å². The van der Waals surface area contributed by atoms with Gasteiger partial charge in [-0.25, -0.2) is 4.98 Å². The number of hydrogen-bond acceptors (Lipinski definition) is 5. The molecule has 2 aromatic heterocycles. The number of thiazole rings is 1. The third kappa shape index (κ3) is 2.88. The zero-order valence-electron chi connectivity index (χ0n) is 9.48. The molecule has 90 valence electrons. The highest BCUT2D eigenvalue weighted by Crippen LogP contribution is 2.24. The number of rotatable bonds is 3. The summed E-state index contributed by atoms with van der Waals surface area (Å²) in [7, 11) is 0. The van der Waals surface area contributed by atoms with Crippen molar-refractivity contribution < 1.29 is 4.79 Å². The number of thiophene rings is 1. The molecule has 2 rings (SSSR count). The highest BCUT2D eigenvalue weighted by Gasteiger charge is 2.12. The molecule has 2 aromatic rings. The van der Waals surface area contributed by atoms with Crippen molar-refractivity contribution in [3.8, 4) is 0 Å². The monoisotopic (exact) mass is 284 g/mol. The first-order valence-corrected chi connectivity index (χ1v) is 7.29. The van der Waals surface area contributed by atoms with E-state index in [0.29, 0.717) is 10.0 Å². The molecule has 0 aromatic carbocycles. The Bertz CT molecular complexity index is 545. The largest absolute Gasteiger partial charge is 0.297 e. The Kier molecular flexibility index (Phi) is 3.86. The lowest BCUT2D eigenvalue weighted by atomic mass is 10.3. The summed E-state index contributed by atoms with van der Waals surface area (Å²) >= 11 is 7.07. The van der Waals surface area contributed by atoms with Crippen LogP contribution in [-0.4, -0.2) is 10.9 Å². The third-order valence-corrected chi connectivity index (χ3v) is 4.55. The van der Waals surface area contributed by atoms with Crippen molar-refractivity contribution in [1.82, 2.24) is 4.98 Å². The van der Waals surface area contributed by atoms with E-state index in [4.69, 9.17) is 0 Å². The van der Waals surface area contributed by atoms with Gasteiger partial charge in [0, 0.05) is 15.2 Å². The van der Waals surface area contributed by atoms with E-state index in [1.165, 1.54) is 22.7 Å². The van der Waals surface area contributed by atoms with Crippen LogP contribution in [0.4, 0.5) is 5.13 Å². The number of aryl methyl sites for hydroxylation is 2. The van der Waals surface area contributed by atoms with Crippen molar-refractivity contribution in [3.05, 3.63) is 26.9 Å². The SMILES string of the molecule is CCc1nc(NC(=O)c2cc(S)cs2)sc1C. The number of hydrogen-bond donors (Lipinski definition) is 2. The first kappa shape index (κ1) is 12.6. The van der Waals surface area contributed by atoms with E-state index >= 15 is 0 Å². The number of nitrogens with zero attached hydrogens (tertiary/aromatic N) is 1. The molecule has 0 bridgehead atoms. The minimum Gasteiger partial charge on any atom is -0.297 e. The van der Waals surface area contributed by atoms with Gasteiger partial charge in [-0.05, 0) is 19.4 Å². The van der Waals surface area contributed by atoms with Gasteiger partial charge in [0.1, 0.15) is 0 Å². The second-order valence-corrected chi connectivity index (χ2v) is 6.13. The molecule has 0 saturated heterocycles. The lowest BCUT2D eigenvalue weighted by molar-refractivity contribution is 0.103. The maximum Gasteiger partial charge on any atom is 0.267 e. The molecule has 1 amide bonds. The lowest BCUT2D eigenvalue weighted by Crippen LogP contribution is -2.09. The number of nitrogens with one attached hydrogen (secondary N) is 1. The van der Waals surface area contributed by atoms with Crippen LogP contribution >= 0.6 is 35.3 Å². The topological polar surface area (TPSA) is 42.0 Å². The smallest absolute Gasteiger partial charge is 0.267 e. The van der Waals surface area contributed by atoms with Gasteiger partial charge in [-0.15, -0.1) is 35.3 Å². The Morgan fingerprint density at radius 1 is 1.59 bits per heavy atom. The fourth-order valence-corrected chi connectivity index (χ4v) is 3.35. The van der Waals surface area contributed by atoms with Gasteiger partial charge in [0.15, 0.2) is 5.13 Å². The maximum absolute atomic E-state index is 11.9. The first-order valence-electron chi connectivity index (χ1n) is 5.15. The quantitative estimate of drug-likeness (QED) is 0.845. The first-order chi connectivity index (χ1) is 8.10. The number of thiol groups is 1. The van der Waals surface area contributed by atoms with Crippen molar-refractivity contribution >= 4 is 46.3 Å².